The van der Waals surface area contributed by atoms with E-state index in [4.69, 9.17) is 21.4 Å². The number of nitrogens with zero attached hydrogens (tertiary/aromatic N) is 3. The molecule has 0 radical (unpaired) electrons. The van der Waals surface area contributed by atoms with Crippen LogP contribution in [0, 0.1) is 30.0 Å². The smallest absolute Gasteiger partial charge is 0.254 e. The molecule has 5 atom stereocenters. The lowest BCUT2D eigenvalue weighted by Crippen LogP contribution is -2.63. The van der Waals surface area contributed by atoms with Gasteiger partial charge in [-0.1, -0.05) is 19.6 Å². The number of carbonyl (C=O) groups is 2. The third-order valence-corrected chi connectivity index (χ3v) is 10.6. The van der Waals surface area contributed by atoms with Crippen LogP contribution in [0.15, 0.2) is 30.9 Å². The van der Waals surface area contributed by atoms with Crippen molar-refractivity contribution in [1.29, 1.82) is 0 Å². The van der Waals surface area contributed by atoms with Crippen molar-refractivity contribution in [1.82, 2.24) is 30.8 Å². The van der Waals surface area contributed by atoms with Crippen molar-refractivity contribution in [2.45, 2.75) is 56.5 Å². The molecule has 1 spiro atoms. The molecule has 2 amide bonds. The van der Waals surface area contributed by atoms with Crippen LogP contribution < -0.4 is 16.2 Å². The predicted octanol–water partition coefficient (Wildman–Crippen LogP) is 3.55. The summed E-state index contributed by atoms with van der Waals surface area (Å²) < 4.78 is 22.5. The fourth-order valence-electron chi connectivity index (χ4n) is 7.79. The topological polar surface area (TPSA) is 101 Å². The fourth-order valence-corrected chi connectivity index (χ4v) is 8.20. The van der Waals surface area contributed by atoms with Crippen LogP contribution in [0.2, 0.25) is 0 Å². The lowest BCUT2D eigenvalue weighted by molar-refractivity contribution is -0.149. The van der Waals surface area contributed by atoms with Gasteiger partial charge in [-0.2, -0.15) is 5.10 Å². The van der Waals surface area contributed by atoms with Crippen molar-refractivity contribution >= 4 is 23.4 Å². The summed E-state index contributed by atoms with van der Waals surface area (Å²) in [6, 6.07) is 5.23. The van der Waals surface area contributed by atoms with Crippen molar-refractivity contribution in [2.24, 2.45) is 17.3 Å². The van der Waals surface area contributed by atoms with Gasteiger partial charge in [0.05, 0.1) is 23.9 Å². The molecular formula is C31H40ClFN6O3. The molecule has 42 heavy (non-hydrogen) atoms. The summed E-state index contributed by atoms with van der Waals surface area (Å²) in [5.74, 6) is -0.514. The molecule has 4 fully saturated rings. The number of aromatic nitrogens is 2. The molecule has 0 bridgehead atoms. The van der Waals surface area contributed by atoms with Gasteiger partial charge in [0, 0.05) is 72.9 Å². The van der Waals surface area contributed by atoms with Crippen LogP contribution in [0.3, 0.4) is 0 Å². The van der Waals surface area contributed by atoms with Crippen LogP contribution >= 0.6 is 11.6 Å². The summed E-state index contributed by atoms with van der Waals surface area (Å²) in [6.07, 6.45) is 4.23. The van der Waals surface area contributed by atoms with Gasteiger partial charge in [-0.3, -0.25) is 25.1 Å². The number of hydrazine groups is 1. The van der Waals surface area contributed by atoms with E-state index in [0.717, 1.165) is 55.8 Å². The number of likely N-dealkylation sites (tertiary alicyclic amines) is 1. The Morgan fingerprint density at radius 2 is 2.10 bits per heavy atom. The summed E-state index contributed by atoms with van der Waals surface area (Å²) in [5.41, 5.74) is 10.4. The molecule has 6 rings (SSSR count). The lowest BCUT2D eigenvalue weighted by atomic mass is 9.60. The molecule has 1 aromatic carbocycles. The van der Waals surface area contributed by atoms with E-state index in [0.29, 0.717) is 24.8 Å². The van der Waals surface area contributed by atoms with Crippen molar-refractivity contribution < 1.29 is 18.7 Å². The minimum atomic E-state index is -0.592. The summed E-state index contributed by atoms with van der Waals surface area (Å²) in [6.45, 7) is 10.8. The zero-order chi connectivity index (χ0) is 29.8. The Labute approximate surface area is 251 Å². The molecule has 5 unspecified atom stereocenters. The maximum absolute atomic E-state index is 15.4. The predicted molar refractivity (Wildman–Crippen MR) is 159 cm³/mol. The Bertz CT molecular complexity index is 1380. The highest BCUT2D eigenvalue weighted by atomic mass is 35.5. The molecule has 11 heteroatoms. The van der Waals surface area contributed by atoms with E-state index >= 15 is 4.39 Å². The van der Waals surface area contributed by atoms with Gasteiger partial charge < -0.3 is 15.0 Å². The van der Waals surface area contributed by atoms with Crippen LogP contribution in [-0.4, -0.2) is 77.8 Å². The second-order valence-electron chi connectivity index (χ2n) is 12.7. The lowest BCUT2D eigenvalue weighted by Gasteiger charge is -2.58. The summed E-state index contributed by atoms with van der Waals surface area (Å²) in [5, 5.41) is 7.75. The summed E-state index contributed by atoms with van der Waals surface area (Å²) in [7, 11) is 1.55. The largest absolute Gasteiger partial charge is 0.383 e. The number of amides is 2. The number of nitrogens with one attached hydrogen (secondary N) is 3. The maximum atomic E-state index is 15.4. The Morgan fingerprint density at radius 1 is 1.33 bits per heavy atom. The monoisotopic (exact) mass is 598 g/mol. The number of halogens is 2. The van der Waals surface area contributed by atoms with Crippen molar-refractivity contribution in [3.05, 3.63) is 53.5 Å². The van der Waals surface area contributed by atoms with Crippen molar-refractivity contribution in [3.8, 4) is 11.3 Å². The van der Waals surface area contributed by atoms with Gasteiger partial charge in [-0.25, -0.2) is 4.39 Å². The Morgan fingerprint density at radius 3 is 2.79 bits per heavy atom. The van der Waals surface area contributed by atoms with E-state index in [2.05, 4.69) is 41.3 Å². The third-order valence-electron chi connectivity index (χ3n) is 9.95. The van der Waals surface area contributed by atoms with Crippen LogP contribution in [0.1, 0.15) is 59.8 Å². The molecule has 2 aliphatic heterocycles. The zero-order valence-electron chi connectivity index (χ0n) is 24.5. The molecule has 226 valence electrons. The molecular weight excluding hydrogens is 559 g/mol. The molecule has 2 saturated carbocycles. The normalized spacial score (nSPS) is 28.2. The first kappa shape index (κ1) is 29.3. The van der Waals surface area contributed by atoms with Crippen LogP contribution in [0.5, 0.6) is 0 Å². The molecule has 3 N–H and O–H groups in total. The van der Waals surface area contributed by atoms with Crippen LogP contribution in [0.25, 0.3) is 11.3 Å². The highest BCUT2D eigenvalue weighted by molar-refractivity contribution is 6.21. The van der Waals surface area contributed by atoms with E-state index in [9.17, 15) is 9.59 Å². The number of hydrogen-bond donors (Lipinski definition) is 3. The van der Waals surface area contributed by atoms with E-state index in [1.165, 1.54) is 18.2 Å². The van der Waals surface area contributed by atoms with Gasteiger partial charge in [-0.15, -0.1) is 11.6 Å². The average molecular weight is 599 g/mol. The summed E-state index contributed by atoms with van der Waals surface area (Å²) in [4.78, 5) is 26.5. The average Bonchev–Trinajstić information content (AvgIpc) is 3.52. The van der Waals surface area contributed by atoms with Crippen molar-refractivity contribution in [2.75, 3.05) is 39.9 Å². The zero-order valence-corrected chi connectivity index (χ0v) is 25.2. The second kappa shape index (κ2) is 11.4. The van der Waals surface area contributed by atoms with Gasteiger partial charge >= 0.3 is 0 Å². The Kier molecular flexibility index (Phi) is 7.93. The van der Waals surface area contributed by atoms with Gasteiger partial charge in [0.15, 0.2) is 0 Å². The maximum Gasteiger partial charge on any atom is 0.254 e. The SMILES string of the molecule is C=CC(=O)N1CC2(CC(n3nc(-c4ccc(C(=O)NCCOC)c(F)c4)c(C4C(Cl)C(C)CC5NNCC54)c3C)C2)C1. The quantitative estimate of drug-likeness (QED) is 0.244. The number of rotatable bonds is 8. The van der Waals surface area contributed by atoms with E-state index in [-0.39, 0.29) is 46.1 Å². The van der Waals surface area contributed by atoms with Gasteiger partial charge in [0.25, 0.3) is 5.91 Å². The van der Waals surface area contributed by atoms with Crippen molar-refractivity contribution in [3.63, 3.8) is 0 Å². The number of alkyl halides is 1. The van der Waals surface area contributed by atoms with Crippen LogP contribution in [-0.2, 0) is 9.53 Å². The van der Waals surface area contributed by atoms with E-state index in [1.54, 1.807) is 13.2 Å². The fraction of sp³-hybridized carbons (Fsp3) is 0.581. The summed E-state index contributed by atoms with van der Waals surface area (Å²) >= 11 is 7.22. The number of ether oxygens (including phenoxy) is 1. The van der Waals surface area contributed by atoms with Gasteiger partial charge in [0.1, 0.15) is 5.82 Å². The molecule has 2 aromatic rings. The molecule has 3 heterocycles. The molecule has 9 nitrogen and oxygen atoms in total. The van der Waals surface area contributed by atoms with E-state index in [1.807, 2.05) is 4.90 Å². The van der Waals surface area contributed by atoms with Gasteiger partial charge in [-0.05, 0) is 56.2 Å². The Balaban J connectivity index is 1.34. The first-order valence-electron chi connectivity index (χ1n) is 14.9. The highest BCUT2D eigenvalue weighted by Crippen LogP contribution is 2.56. The first-order chi connectivity index (χ1) is 20.2. The standard InChI is InChI=1S/C31H40ClFN6O3/c1-5-25(40)38-15-31(16-38)12-20(13-31)39-18(3)26(27-22-14-35-36-24(22)10-17(2)28(27)32)29(37-39)19-6-7-21(23(33)11-19)30(41)34-8-9-42-4/h5-7,11,17,20,22,24,27-28,35-36H,1,8-10,12-16H2,2-4H3,(H,34,41). The Hall–Kier alpha value is -2.79. The number of fused-ring (bicyclic) bond motifs is 1. The minimum Gasteiger partial charge on any atom is -0.383 e. The molecule has 2 aliphatic carbocycles. The molecule has 4 aliphatic rings. The van der Waals surface area contributed by atoms with E-state index < -0.39 is 11.7 Å². The molecule has 1 aromatic heterocycles. The number of methoxy groups -OCH3 is 1. The third kappa shape index (κ3) is 4.96. The van der Waals surface area contributed by atoms with Crippen LogP contribution in [0.4, 0.5) is 4.39 Å². The highest BCUT2D eigenvalue weighted by Gasteiger charge is 2.55. The van der Waals surface area contributed by atoms with Gasteiger partial charge in [0.2, 0.25) is 5.91 Å². The second-order valence-corrected chi connectivity index (χ2v) is 13.2. The number of benzene rings is 1. The molecule has 2 saturated heterocycles. The first-order valence-corrected chi connectivity index (χ1v) is 15.3. The number of hydrogen-bond acceptors (Lipinski definition) is 6. The number of carbonyl (C=O) groups excluding carboxylic acids is 2. The minimum absolute atomic E-state index is 0.0112.